The quantitative estimate of drug-likeness (QED) is 0.219. The highest BCUT2D eigenvalue weighted by molar-refractivity contribution is 6.08. The third-order valence-electron chi connectivity index (χ3n) is 8.58. The third-order valence-corrected chi connectivity index (χ3v) is 8.58. The molecule has 2 heterocycles. The van der Waals surface area contributed by atoms with Crippen LogP contribution in [0, 0.1) is 0 Å². The third kappa shape index (κ3) is 5.65. The van der Waals surface area contributed by atoms with Gasteiger partial charge in [-0.15, -0.1) is 0 Å². The predicted octanol–water partition coefficient (Wildman–Crippen LogP) is 7.25. The largest absolute Gasteiger partial charge is 0.345 e. The zero-order chi connectivity index (χ0) is 28.9. The lowest BCUT2D eigenvalue weighted by Crippen LogP contribution is -2.38. The van der Waals surface area contributed by atoms with Crippen LogP contribution < -0.4 is 10.9 Å². The van der Waals surface area contributed by atoms with Gasteiger partial charge in [0.05, 0.1) is 17.3 Å². The fraction of sp³-hybridized carbons (Fsp3) is 0.243. The van der Waals surface area contributed by atoms with Crippen LogP contribution in [0.3, 0.4) is 0 Å². The first kappa shape index (κ1) is 27.7. The van der Waals surface area contributed by atoms with Crippen LogP contribution in [-0.4, -0.2) is 28.5 Å². The Morgan fingerprint density at radius 1 is 0.786 bits per heavy atom. The van der Waals surface area contributed by atoms with Crippen molar-refractivity contribution in [3.05, 3.63) is 148 Å². The van der Waals surface area contributed by atoms with Crippen LogP contribution in [0.2, 0.25) is 0 Å². The van der Waals surface area contributed by atoms with Crippen molar-refractivity contribution >= 4 is 16.7 Å². The monoisotopic (exact) mass is 555 g/mol. The average molecular weight is 556 g/mol. The van der Waals surface area contributed by atoms with Gasteiger partial charge >= 0.3 is 0 Å². The van der Waals surface area contributed by atoms with Gasteiger partial charge in [-0.05, 0) is 67.6 Å². The van der Waals surface area contributed by atoms with E-state index in [9.17, 15) is 9.59 Å². The lowest BCUT2D eigenvalue weighted by molar-refractivity contribution is 0.0933. The van der Waals surface area contributed by atoms with E-state index >= 15 is 0 Å². The SMILES string of the molecule is CC[C@H](NC(=O)c1c(CN2CCC(c3ccccc3)CC2)n(-c2ccccc2)c(=O)c2ccccc12)c1ccccc1. The van der Waals surface area contributed by atoms with E-state index in [1.807, 2.05) is 72.8 Å². The van der Waals surface area contributed by atoms with E-state index < -0.39 is 0 Å². The van der Waals surface area contributed by atoms with Gasteiger partial charge in [0.25, 0.3) is 11.5 Å². The van der Waals surface area contributed by atoms with Crippen LogP contribution in [0.4, 0.5) is 0 Å². The first-order valence-electron chi connectivity index (χ1n) is 15.0. The number of nitrogens with one attached hydrogen (secondary N) is 1. The number of pyridine rings is 1. The molecule has 0 radical (unpaired) electrons. The second-order valence-corrected chi connectivity index (χ2v) is 11.1. The van der Waals surface area contributed by atoms with E-state index in [4.69, 9.17) is 0 Å². The summed E-state index contributed by atoms with van der Waals surface area (Å²) in [6.07, 6.45) is 2.84. The van der Waals surface area contributed by atoms with Gasteiger partial charge < -0.3 is 5.32 Å². The molecule has 42 heavy (non-hydrogen) atoms. The van der Waals surface area contributed by atoms with Crippen molar-refractivity contribution in [3.8, 4) is 5.69 Å². The summed E-state index contributed by atoms with van der Waals surface area (Å²) in [5, 5.41) is 4.57. The summed E-state index contributed by atoms with van der Waals surface area (Å²) in [6, 6.07) is 37.9. The molecule has 212 valence electrons. The van der Waals surface area contributed by atoms with Gasteiger partial charge in [0.2, 0.25) is 0 Å². The van der Waals surface area contributed by atoms with Gasteiger partial charge in [-0.3, -0.25) is 19.1 Å². The number of likely N-dealkylation sites (tertiary alicyclic amines) is 1. The van der Waals surface area contributed by atoms with Crippen molar-refractivity contribution < 1.29 is 4.79 Å². The molecule has 0 saturated carbocycles. The normalized spacial score (nSPS) is 15.0. The van der Waals surface area contributed by atoms with Crippen LogP contribution in [-0.2, 0) is 6.54 Å². The molecule has 0 bridgehead atoms. The van der Waals surface area contributed by atoms with E-state index in [1.54, 1.807) is 4.57 Å². The Hall–Kier alpha value is -4.48. The number of fused-ring (bicyclic) bond motifs is 1. The molecular weight excluding hydrogens is 518 g/mol. The number of amides is 1. The topological polar surface area (TPSA) is 54.3 Å². The van der Waals surface area contributed by atoms with E-state index in [0.717, 1.165) is 49.3 Å². The number of piperidine rings is 1. The molecule has 0 spiro atoms. The first-order valence-corrected chi connectivity index (χ1v) is 15.0. The van der Waals surface area contributed by atoms with E-state index in [0.29, 0.717) is 28.8 Å². The molecule has 1 aliphatic heterocycles. The number of benzene rings is 4. The summed E-state index contributed by atoms with van der Waals surface area (Å²) < 4.78 is 1.77. The molecule has 1 aliphatic rings. The lowest BCUT2D eigenvalue weighted by atomic mass is 9.89. The van der Waals surface area contributed by atoms with E-state index in [-0.39, 0.29) is 17.5 Å². The fourth-order valence-electron chi connectivity index (χ4n) is 6.35. The Balaban J connectivity index is 1.43. The van der Waals surface area contributed by atoms with Crippen LogP contribution in [0.25, 0.3) is 16.5 Å². The second kappa shape index (κ2) is 12.6. The van der Waals surface area contributed by atoms with Gasteiger partial charge in [-0.25, -0.2) is 0 Å². The molecule has 5 nitrogen and oxygen atoms in total. The number of hydrogen-bond donors (Lipinski definition) is 1. The van der Waals surface area contributed by atoms with Crippen molar-refractivity contribution in [1.82, 2.24) is 14.8 Å². The fourth-order valence-corrected chi connectivity index (χ4v) is 6.35. The molecule has 1 amide bonds. The van der Waals surface area contributed by atoms with Gasteiger partial charge in [0.15, 0.2) is 0 Å². The number of nitrogens with zero attached hydrogens (tertiary/aromatic N) is 2. The average Bonchev–Trinajstić information content (AvgIpc) is 3.05. The minimum Gasteiger partial charge on any atom is -0.345 e. The Bertz CT molecular complexity index is 1710. The first-order chi connectivity index (χ1) is 20.6. The predicted molar refractivity (Wildman–Crippen MR) is 170 cm³/mol. The van der Waals surface area contributed by atoms with Crippen LogP contribution in [0.1, 0.15) is 65.3 Å². The molecule has 1 atom stereocenters. The molecule has 1 N–H and O–H groups in total. The molecular formula is C37H37N3O2. The maximum Gasteiger partial charge on any atom is 0.263 e. The van der Waals surface area contributed by atoms with Crippen molar-refractivity contribution in [2.75, 3.05) is 13.1 Å². The van der Waals surface area contributed by atoms with Gasteiger partial charge in [0, 0.05) is 23.0 Å². The van der Waals surface area contributed by atoms with Crippen LogP contribution in [0.5, 0.6) is 0 Å². The molecule has 1 aromatic heterocycles. The van der Waals surface area contributed by atoms with E-state index in [1.165, 1.54) is 5.56 Å². The summed E-state index contributed by atoms with van der Waals surface area (Å²) in [7, 11) is 0. The highest BCUT2D eigenvalue weighted by Gasteiger charge is 2.28. The van der Waals surface area contributed by atoms with Crippen LogP contribution in [0.15, 0.2) is 120 Å². The molecule has 0 unspecified atom stereocenters. The molecule has 1 saturated heterocycles. The highest BCUT2D eigenvalue weighted by atomic mass is 16.2. The summed E-state index contributed by atoms with van der Waals surface area (Å²) in [5.41, 5.74) is 4.44. The Labute approximate surface area is 247 Å². The van der Waals surface area contributed by atoms with Crippen molar-refractivity contribution in [3.63, 3.8) is 0 Å². The Kier molecular flexibility index (Phi) is 8.29. The molecule has 5 aromatic rings. The standard InChI is InChI=1S/C37H37N3O2/c1-2-33(29-16-8-4-9-17-29)38-36(41)35-31-20-12-13-21-32(31)37(42)40(30-18-10-5-11-19-30)34(35)26-39-24-22-28(23-25-39)27-14-6-3-7-15-27/h3-21,28,33H,2,22-26H2,1H3,(H,38,41)/t33-/m0/s1. The van der Waals surface area contributed by atoms with Crippen molar-refractivity contribution in [2.45, 2.75) is 44.7 Å². The zero-order valence-electron chi connectivity index (χ0n) is 24.1. The maximum atomic E-state index is 14.4. The zero-order valence-corrected chi connectivity index (χ0v) is 24.1. The summed E-state index contributed by atoms with van der Waals surface area (Å²) in [6.45, 7) is 4.40. The minimum absolute atomic E-state index is 0.0994. The summed E-state index contributed by atoms with van der Waals surface area (Å²) >= 11 is 0. The highest BCUT2D eigenvalue weighted by Crippen LogP contribution is 2.31. The molecule has 5 heteroatoms. The maximum absolute atomic E-state index is 14.4. The number of carbonyl (C=O) groups is 1. The number of aromatic nitrogens is 1. The summed E-state index contributed by atoms with van der Waals surface area (Å²) in [5.74, 6) is 0.370. The van der Waals surface area contributed by atoms with E-state index in [2.05, 4.69) is 59.6 Å². The molecule has 1 fully saturated rings. The Morgan fingerprint density at radius 3 is 2.00 bits per heavy atom. The van der Waals surface area contributed by atoms with Gasteiger partial charge in [0.1, 0.15) is 0 Å². The second-order valence-electron chi connectivity index (χ2n) is 11.1. The lowest BCUT2D eigenvalue weighted by Gasteiger charge is -2.33. The molecule has 0 aliphatic carbocycles. The van der Waals surface area contributed by atoms with Gasteiger partial charge in [-0.1, -0.05) is 104 Å². The number of carbonyl (C=O) groups excluding carboxylic acids is 1. The minimum atomic E-state index is -0.152. The molecule has 6 rings (SSSR count). The summed E-state index contributed by atoms with van der Waals surface area (Å²) in [4.78, 5) is 30.9. The Morgan fingerprint density at radius 2 is 1.36 bits per heavy atom. The smallest absolute Gasteiger partial charge is 0.263 e. The van der Waals surface area contributed by atoms with Crippen molar-refractivity contribution in [2.24, 2.45) is 0 Å². The number of rotatable bonds is 8. The van der Waals surface area contributed by atoms with Crippen molar-refractivity contribution in [1.29, 1.82) is 0 Å². The van der Waals surface area contributed by atoms with Crippen LogP contribution >= 0.6 is 0 Å². The number of para-hydroxylation sites is 1. The van der Waals surface area contributed by atoms with Gasteiger partial charge in [-0.2, -0.15) is 0 Å². The molecule has 4 aromatic carbocycles. The number of hydrogen-bond acceptors (Lipinski definition) is 3.